The van der Waals surface area contributed by atoms with Crippen LogP contribution in [0.4, 0.5) is 0 Å². The van der Waals surface area contributed by atoms with Gasteiger partial charge in [0.15, 0.2) is 0 Å². The van der Waals surface area contributed by atoms with E-state index in [1.807, 2.05) is 29.7 Å². The molecule has 1 N–H and O–H groups in total. The molecule has 8 nitrogen and oxygen atoms in total. The number of carbonyl (C=O) groups excluding carboxylic acids is 2. The molecule has 1 spiro atoms. The molecule has 0 unspecified atom stereocenters. The highest BCUT2D eigenvalue weighted by Gasteiger charge is 2.55. The Kier molecular flexibility index (Phi) is 3.94. The second-order valence-corrected chi connectivity index (χ2v) is 7.54. The van der Waals surface area contributed by atoms with Gasteiger partial charge in [0.1, 0.15) is 11.3 Å². The SMILES string of the molecule is Cc1ccc2nc(C(=O)N3CCC4(CC3)[C@H](C(=O)O)CC(=O)N4C)cn2c1. The molecular weight excluding hydrogens is 348 g/mol. The summed E-state index contributed by atoms with van der Waals surface area (Å²) in [4.78, 5) is 44.3. The first-order valence-electron chi connectivity index (χ1n) is 9.06. The molecule has 2 saturated heterocycles. The zero-order valence-electron chi connectivity index (χ0n) is 15.4. The van der Waals surface area contributed by atoms with Crippen LogP contribution in [0.3, 0.4) is 0 Å². The molecule has 27 heavy (non-hydrogen) atoms. The van der Waals surface area contributed by atoms with Gasteiger partial charge in [0, 0.05) is 39.0 Å². The Balaban J connectivity index is 1.53. The van der Waals surface area contributed by atoms with Crippen LogP contribution < -0.4 is 0 Å². The molecule has 0 saturated carbocycles. The predicted molar refractivity (Wildman–Crippen MR) is 96.3 cm³/mol. The molecule has 0 aliphatic carbocycles. The number of hydrogen-bond acceptors (Lipinski definition) is 4. The molecule has 1 atom stereocenters. The quantitative estimate of drug-likeness (QED) is 0.857. The van der Waals surface area contributed by atoms with Crippen LogP contribution in [0.5, 0.6) is 0 Å². The third-order valence-corrected chi connectivity index (χ3v) is 6.10. The molecule has 0 radical (unpaired) electrons. The summed E-state index contributed by atoms with van der Waals surface area (Å²) in [7, 11) is 1.67. The number of piperidine rings is 1. The molecule has 0 aromatic carbocycles. The highest BCUT2D eigenvalue weighted by Crippen LogP contribution is 2.42. The fourth-order valence-corrected chi connectivity index (χ4v) is 4.45. The summed E-state index contributed by atoms with van der Waals surface area (Å²) in [5.41, 5.74) is 1.47. The lowest BCUT2D eigenvalue weighted by Gasteiger charge is -2.45. The van der Waals surface area contributed by atoms with E-state index in [1.54, 1.807) is 23.0 Å². The molecule has 2 aliphatic heterocycles. The third-order valence-electron chi connectivity index (χ3n) is 6.10. The van der Waals surface area contributed by atoms with Crippen molar-refractivity contribution >= 4 is 23.4 Å². The standard InChI is InChI=1S/C19H22N4O4/c1-12-3-4-15-20-14(11-23(15)10-12)17(25)22-7-5-19(6-8-22)13(18(26)27)9-16(24)21(19)2/h3-4,10-11,13H,5-9H2,1-2H3,(H,26,27)/t13-/m0/s1. The number of amides is 2. The monoisotopic (exact) mass is 370 g/mol. The Bertz CT molecular complexity index is 942. The van der Waals surface area contributed by atoms with E-state index in [1.165, 1.54) is 0 Å². The third kappa shape index (κ3) is 2.67. The van der Waals surface area contributed by atoms with E-state index in [0.717, 1.165) is 5.56 Å². The number of fused-ring (bicyclic) bond motifs is 1. The van der Waals surface area contributed by atoms with Crippen LogP contribution in [0.1, 0.15) is 35.3 Å². The number of aryl methyl sites for hydroxylation is 1. The second kappa shape index (κ2) is 6.07. The molecule has 4 heterocycles. The van der Waals surface area contributed by atoms with E-state index >= 15 is 0 Å². The Hall–Kier alpha value is -2.90. The van der Waals surface area contributed by atoms with Gasteiger partial charge in [-0.2, -0.15) is 0 Å². The van der Waals surface area contributed by atoms with Gasteiger partial charge in [-0.25, -0.2) is 4.98 Å². The van der Waals surface area contributed by atoms with Gasteiger partial charge in [-0.3, -0.25) is 14.4 Å². The van der Waals surface area contributed by atoms with E-state index in [2.05, 4.69) is 4.98 Å². The first-order chi connectivity index (χ1) is 12.8. The molecule has 142 valence electrons. The molecule has 4 rings (SSSR count). The van der Waals surface area contributed by atoms with Crippen LogP contribution in [-0.2, 0) is 9.59 Å². The van der Waals surface area contributed by atoms with Crippen molar-refractivity contribution < 1.29 is 19.5 Å². The summed E-state index contributed by atoms with van der Waals surface area (Å²) in [6, 6.07) is 3.81. The lowest BCUT2D eigenvalue weighted by molar-refractivity contribution is -0.145. The van der Waals surface area contributed by atoms with Gasteiger partial charge in [0.05, 0.1) is 11.5 Å². The van der Waals surface area contributed by atoms with Gasteiger partial charge >= 0.3 is 5.97 Å². The number of imidazole rings is 1. The number of aromatic nitrogens is 2. The molecular formula is C19H22N4O4. The number of rotatable bonds is 2. The summed E-state index contributed by atoms with van der Waals surface area (Å²) in [5.74, 6) is -1.96. The average Bonchev–Trinajstić information content (AvgIpc) is 3.16. The topological polar surface area (TPSA) is 95.2 Å². The first-order valence-corrected chi connectivity index (χ1v) is 9.06. The largest absolute Gasteiger partial charge is 0.481 e. The van der Waals surface area contributed by atoms with Crippen LogP contribution in [0.15, 0.2) is 24.5 Å². The maximum absolute atomic E-state index is 12.9. The number of likely N-dealkylation sites (tertiary alicyclic amines) is 2. The molecule has 2 fully saturated rings. The minimum Gasteiger partial charge on any atom is -0.481 e. The van der Waals surface area contributed by atoms with Crippen molar-refractivity contribution in [2.75, 3.05) is 20.1 Å². The van der Waals surface area contributed by atoms with Gasteiger partial charge in [0.25, 0.3) is 5.91 Å². The van der Waals surface area contributed by atoms with Crippen molar-refractivity contribution in [2.24, 2.45) is 5.92 Å². The van der Waals surface area contributed by atoms with E-state index < -0.39 is 17.4 Å². The predicted octanol–water partition coefficient (Wildman–Crippen LogP) is 1.18. The maximum Gasteiger partial charge on any atom is 0.309 e. The lowest BCUT2D eigenvalue weighted by atomic mass is 9.77. The van der Waals surface area contributed by atoms with E-state index in [-0.39, 0.29) is 18.2 Å². The van der Waals surface area contributed by atoms with E-state index in [0.29, 0.717) is 37.3 Å². The van der Waals surface area contributed by atoms with Crippen molar-refractivity contribution in [2.45, 2.75) is 31.7 Å². The number of carbonyl (C=O) groups is 3. The highest BCUT2D eigenvalue weighted by molar-refractivity contribution is 5.93. The van der Waals surface area contributed by atoms with E-state index in [4.69, 9.17) is 0 Å². The summed E-state index contributed by atoms with van der Waals surface area (Å²) in [6.45, 7) is 2.80. The van der Waals surface area contributed by atoms with Crippen LogP contribution in [-0.4, -0.2) is 67.8 Å². The molecule has 2 amide bonds. The fraction of sp³-hybridized carbons (Fsp3) is 0.474. The highest BCUT2D eigenvalue weighted by atomic mass is 16.4. The maximum atomic E-state index is 12.9. The summed E-state index contributed by atoms with van der Waals surface area (Å²) in [5, 5.41) is 9.55. The summed E-state index contributed by atoms with van der Waals surface area (Å²) >= 11 is 0. The number of nitrogens with zero attached hydrogens (tertiary/aromatic N) is 4. The zero-order valence-corrected chi connectivity index (χ0v) is 15.4. The van der Waals surface area contributed by atoms with Crippen molar-refractivity contribution in [1.29, 1.82) is 0 Å². The lowest BCUT2D eigenvalue weighted by Crippen LogP contribution is -2.57. The number of carboxylic acid groups (broad SMARTS) is 1. The summed E-state index contributed by atoms with van der Waals surface area (Å²) in [6.07, 6.45) is 4.60. The van der Waals surface area contributed by atoms with Crippen LogP contribution in [0.25, 0.3) is 5.65 Å². The number of hydrogen-bond donors (Lipinski definition) is 1. The normalized spacial score (nSPS) is 22.0. The van der Waals surface area contributed by atoms with Gasteiger partial charge in [-0.15, -0.1) is 0 Å². The molecule has 2 aromatic heterocycles. The molecule has 2 aliphatic rings. The van der Waals surface area contributed by atoms with Gasteiger partial charge in [0.2, 0.25) is 5.91 Å². The summed E-state index contributed by atoms with van der Waals surface area (Å²) < 4.78 is 1.83. The fourth-order valence-electron chi connectivity index (χ4n) is 4.45. The van der Waals surface area contributed by atoms with Crippen molar-refractivity contribution in [3.63, 3.8) is 0 Å². The van der Waals surface area contributed by atoms with Crippen molar-refractivity contribution in [3.8, 4) is 0 Å². The van der Waals surface area contributed by atoms with Crippen molar-refractivity contribution in [1.82, 2.24) is 19.2 Å². The zero-order chi connectivity index (χ0) is 19.3. The Morgan fingerprint density at radius 3 is 2.59 bits per heavy atom. The number of pyridine rings is 1. The van der Waals surface area contributed by atoms with Crippen LogP contribution in [0, 0.1) is 12.8 Å². The first kappa shape index (κ1) is 17.5. The molecule has 8 heteroatoms. The van der Waals surface area contributed by atoms with E-state index in [9.17, 15) is 19.5 Å². The van der Waals surface area contributed by atoms with Gasteiger partial charge in [-0.1, -0.05) is 6.07 Å². The Morgan fingerprint density at radius 2 is 1.93 bits per heavy atom. The molecule has 0 bridgehead atoms. The molecule has 2 aromatic rings. The Morgan fingerprint density at radius 1 is 1.22 bits per heavy atom. The minimum atomic E-state index is -0.941. The Labute approximate surface area is 156 Å². The van der Waals surface area contributed by atoms with Crippen molar-refractivity contribution in [3.05, 3.63) is 35.8 Å². The van der Waals surface area contributed by atoms with Gasteiger partial charge in [-0.05, 0) is 31.4 Å². The van der Waals surface area contributed by atoms with Gasteiger partial charge < -0.3 is 19.3 Å². The number of carboxylic acids is 1. The van der Waals surface area contributed by atoms with Crippen LogP contribution in [0.2, 0.25) is 0 Å². The average molecular weight is 370 g/mol. The second-order valence-electron chi connectivity index (χ2n) is 7.54. The minimum absolute atomic E-state index is 0.0333. The number of aliphatic carboxylic acids is 1. The van der Waals surface area contributed by atoms with Crippen LogP contribution >= 0.6 is 0 Å². The smallest absolute Gasteiger partial charge is 0.309 e.